The quantitative estimate of drug-likeness (QED) is 0.760. The maximum Gasteiger partial charge on any atom is 0.220 e. The van der Waals surface area contributed by atoms with Crippen molar-refractivity contribution in [2.24, 2.45) is 5.92 Å². The smallest absolute Gasteiger partial charge is 0.220 e. The Labute approximate surface area is 95.8 Å². The Kier molecular flexibility index (Phi) is 5.12. The summed E-state index contributed by atoms with van der Waals surface area (Å²) in [6.07, 6.45) is 2.95. The molecule has 0 aliphatic heterocycles. The summed E-state index contributed by atoms with van der Waals surface area (Å²) in [6.45, 7) is 6.62. The lowest BCUT2D eigenvalue weighted by atomic mass is 9.80. The van der Waals surface area contributed by atoms with Gasteiger partial charge in [0.25, 0.3) is 0 Å². The van der Waals surface area contributed by atoms with Gasteiger partial charge in [0.2, 0.25) is 5.91 Å². The van der Waals surface area contributed by atoms with Gasteiger partial charge in [0.1, 0.15) is 0 Å². The second-order valence-electron chi connectivity index (χ2n) is 3.91. The van der Waals surface area contributed by atoms with E-state index in [4.69, 9.17) is 16.3 Å². The third-order valence-electron chi connectivity index (χ3n) is 2.55. The van der Waals surface area contributed by atoms with Crippen LogP contribution in [0, 0.1) is 5.92 Å². The minimum atomic E-state index is 0.0525. The van der Waals surface area contributed by atoms with E-state index < -0.39 is 0 Å². The summed E-state index contributed by atoms with van der Waals surface area (Å²) in [7, 11) is 0. The zero-order valence-electron chi connectivity index (χ0n) is 9.09. The zero-order valence-corrected chi connectivity index (χ0v) is 9.85. The molecule has 15 heavy (non-hydrogen) atoms. The molecule has 1 aliphatic rings. The summed E-state index contributed by atoms with van der Waals surface area (Å²) in [5.74, 6) is 0.530. The predicted molar refractivity (Wildman–Crippen MR) is 60.8 cm³/mol. The third kappa shape index (κ3) is 4.67. The van der Waals surface area contributed by atoms with Gasteiger partial charge >= 0.3 is 0 Å². The molecule has 3 nitrogen and oxygen atoms in total. The maximum absolute atomic E-state index is 11.4. The standard InChI is InChI=1S/C11H18ClNO2/c1-3-15-10-4-9(5-10)6-11(14)13-7-8(2)12/h9-10H,2-7H2,1H3,(H,13,14). The molecule has 0 unspecified atom stereocenters. The Hall–Kier alpha value is -0.540. The van der Waals surface area contributed by atoms with Crippen LogP contribution in [0.1, 0.15) is 26.2 Å². The van der Waals surface area contributed by atoms with Crippen molar-refractivity contribution in [1.29, 1.82) is 0 Å². The van der Waals surface area contributed by atoms with Crippen molar-refractivity contribution in [2.75, 3.05) is 13.2 Å². The molecule has 86 valence electrons. The van der Waals surface area contributed by atoms with Crippen molar-refractivity contribution in [1.82, 2.24) is 5.32 Å². The van der Waals surface area contributed by atoms with Crippen LogP contribution in [0.25, 0.3) is 0 Å². The predicted octanol–water partition coefficient (Wildman–Crippen LogP) is 2.06. The van der Waals surface area contributed by atoms with Crippen LogP contribution >= 0.6 is 11.6 Å². The van der Waals surface area contributed by atoms with Crippen LogP contribution in [-0.2, 0) is 9.53 Å². The fourth-order valence-electron chi connectivity index (χ4n) is 1.74. The Bertz CT molecular complexity index is 237. The lowest BCUT2D eigenvalue weighted by Crippen LogP contribution is -2.36. The van der Waals surface area contributed by atoms with Crippen LogP contribution in [0.4, 0.5) is 0 Å². The van der Waals surface area contributed by atoms with E-state index in [-0.39, 0.29) is 5.91 Å². The lowest BCUT2D eigenvalue weighted by Gasteiger charge is -2.34. The number of rotatable bonds is 6. The second-order valence-corrected chi connectivity index (χ2v) is 4.45. The van der Waals surface area contributed by atoms with Gasteiger partial charge in [0, 0.05) is 18.1 Å². The van der Waals surface area contributed by atoms with E-state index in [1.807, 2.05) is 6.92 Å². The normalized spacial score (nSPS) is 24.4. The van der Waals surface area contributed by atoms with Crippen LogP contribution in [0.15, 0.2) is 11.6 Å². The molecule has 0 spiro atoms. The van der Waals surface area contributed by atoms with Crippen molar-refractivity contribution in [3.8, 4) is 0 Å². The van der Waals surface area contributed by atoms with Crippen molar-refractivity contribution in [3.05, 3.63) is 11.6 Å². The van der Waals surface area contributed by atoms with E-state index >= 15 is 0 Å². The van der Waals surface area contributed by atoms with Crippen molar-refractivity contribution < 1.29 is 9.53 Å². The SMILES string of the molecule is C=C(Cl)CNC(=O)CC1CC(OCC)C1. The molecular formula is C11H18ClNO2. The summed E-state index contributed by atoms with van der Waals surface area (Å²) in [5.41, 5.74) is 0. The summed E-state index contributed by atoms with van der Waals surface area (Å²) >= 11 is 5.54. The highest BCUT2D eigenvalue weighted by molar-refractivity contribution is 6.29. The van der Waals surface area contributed by atoms with Crippen molar-refractivity contribution in [2.45, 2.75) is 32.3 Å². The molecule has 0 radical (unpaired) electrons. The Morgan fingerprint density at radius 1 is 1.60 bits per heavy atom. The Morgan fingerprint density at radius 2 is 2.27 bits per heavy atom. The summed E-state index contributed by atoms with van der Waals surface area (Å²) in [6, 6.07) is 0. The highest BCUT2D eigenvalue weighted by Crippen LogP contribution is 2.32. The molecular weight excluding hydrogens is 214 g/mol. The first kappa shape index (κ1) is 12.5. The molecule has 0 aromatic heterocycles. The Morgan fingerprint density at radius 3 is 2.80 bits per heavy atom. The van der Waals surface area contributed by atoms with Crippen LogP contribution in [0.5, 0.6) is 0 Å². The van der Waals surface area contributed by atoms with E-state index in [1.165, 1.54) is 0 Å². The molecule has 4 heteroatoms. The molecule has 0 heterocycles. The lowest BCUT2D eigenvalue weighted by molar-refractivity contribution is -0.124. The van der Waals surface area contributed by atoms with Gasteiger partial charge < -0.3 is 10.1 Å². The molecule has 0 bridgehead atoms. The molecule has 1 saturated carbocycles. The number of hydrogen-bond donors (Lipinski definition) is 1. The van der Waals surface area contributed by atoms with E-state index in [2.05, 4.69) is 11.9 Å². The largest absolute Gasteiger partial charge is 0.378 e. The fourth-order valence-corrected chi connectivity index (χ4v) is 1.81. The van der Waals surface area contributed by atoms with E-state index in [0.717, 1.165) is 19.4 Å². The van der Waals surface area contributed by atoms with Crippen LogP contribution < -0.4 is 5.32 Å². The van der Waals surface area contributed by atoms with Gasteiger partial charge in [0.05, 0.1) is 12.6 Å². The van der Waals surface area contributed by atoms with Crippen molar-refractivity contribution in [3.63, 3.8) is 0 Å². The number of halogens is 1. The molecule has 0 aromatic carbocycles. The van der Waals surface area contributed by atoms with Gasteiger partial charge in [-0.1, -0.05) is 18.2 Å². The van der Waals surface area contributed by atoms with Crippen molar-refractivity contribution >= 4 is 17.5 Å². The number of carbonyl (C=O) groups excluding carboxylic acids is 1. The first-order valence-electron chi connectivity index (χ1n) is 5.33. The number of ether oxygens (including phenoxy) is 1. The molecule has 1 N–H and O–H groups in total. The van der Waals surface area contributed by atoms with E-state index in [1.54, 1.807) is 0 Å². The number of amides is 1. The first-order valence-corrected chi connectivity index (χ1v) is 5.71. The maximum atomic E-state index is 11.4. The van der Waals surface area contributed by atoms with E-state index in [9.17, 15) is 4.79 Å². The highest BCUT2D eigenvalue weighted by Gasteiger charge is 2.30. The minimum absolute atomic E-state index is 0.0525. The van der Waals surface area contributed by atoms with Gasteiger partial charge in [-0.05, 0) is 25.7 Å². The number of hydrogen-bond acceptors (Lipinski definition) is 2. The summed E-state index contributed by atoms with van der Waals surface area (Å²) < 4.78 is 5.42. The summed E-state index contributed by atoms with van der Waals surface area (Å²) in [4.78, 5) is 11.4. The molecule has 1 fully saturated rings. The zero-order chi connectivity index (χ0) is 11.3. The van der Waals surface area contributed by atoms with Crippen LogP contribution in [0.2, 0.25) is 0 Å². The molecule has 1 amide bonds. The number of nitrogens with one attached hydrogen (secondary N) is 1. The monoisotopic (exact) mass is 231 g/mol. The topological polar surface area (TPSA) is 38.3 Å². The second kappa shape index (κ2) is 6.13. The third-order valence-corrected chi connectivity index (χ3v) is 2.68. The van der Waals surface area contributed by atoms with Crippen LogP contribution in [-0.4, -0.2) is 25.2 Å². The van der Waals surface area contributed by atoms with Gasteiger partial charge in [-0.3, -0.25) is 4.79 Å². The van der Waals surface area contributed by atoms with Gasteiger partial charge in [0.15, 0.2) is 0 Å². The van der Waals surface area contributed by atoms with Gasteiger partial charge in [-0.25, -0.2) is 0 Å². The van der Waals surface area contributed by atoms with Crippen LogP contribution in [0.3, 0.4) is 0 Å². The summed E-state index contributed by atoms with van der Waals surface area (Å²) in [5, 5.41) is 3.18. The Balaban J connectivity index is 2.06. The average molecular weight is 232 g/mol. The number of carbonyl (C=O) groups is 1. The fraction of sp³-hybridized carbons (Fsp3) is 0.727. The molecule has 0 saturated heterocycles. The molecule has 1 aliphatic carbocycles. The molecule has 1 rings (SSSR count). The molecule has 0 aromatic rings. The molecule has 0 atom stereocenters. The van der Waals surface area contributed by atoms with E-state index in [0.29, 0.717) is 30.0 Å². The van der Waals surface area contributed by atoms with Gasteiger partial charge in [-0.2, -0.15) is 0 Å². The minimum Gasteiger partial charge on any atom is -0.378 e. The first-order chi connectivity index (χ1) is 7.11. The van der Waals surface area contributed by atoms with Gasteiger partial charge in [-0.15, -0.1) is 0 Å². The highest BCUT2D eigenvalue weighted by atomic mass is 35.5. The average Bonchev–Trinajstić information content (AvgIpc) is 2.11.